The number of fused-ring (bicyclic) bond motifs is 2. The molecule has 0 bridgehead atoms. The molecule has 1 fully saturated rings. The molecule has 1 aliphatic rings. The third-order valence-electron chi connectivity index (χ3n) is 10.5. The molecule has 0 saturated heterocycles. The lowest BCUT2D eigenvalue weighted by Crippen LogP contribution is -2.44. The van der Waals surface area contributed by atoms with Crippen LogP contribution in [0.25, 0.3) is 33.1 Å². The highest BCUT2D eigenvalue weighted by Crippen LogP contribution is 2.37. The standard InChI is InChI=1S/C42H45N5O7.2FH/c43-29-11-13-30(14-12-29)47(41(51)52)35-22-26(9-15-31(35)28-7-2-1-3-8-28)6-4-5-21-46-34-18-10-27(23-38(34)54-42(46)53)24-44-25-37(49)32-16-19-36(48)40-33(32)17-20-39(50)45-40;;/h1-3,7-10,15-20,22-23,29-30,37,44,48-49H,4-6,11-14,21,24-25,43H2,(H,45,50)(H,51,52);2*1H/t29?,30?,37-;;/m1../s1. The number of aromatic nitrogens is 2. The number of aliphatic hydroxyl groups excluding tert-OH is 1. The fourth-order valence-electron chi connectivity index (χ4n) is 7.65. The number of carboxylic acid groups (broad SMARTS) is 1. The van der Waals surface area contributed by atoms with E-state index in [2.05, 4.69) is 16.4 Å². The van der Waals surface area contributed by atoms with Gasteiger partial charge in [0.1, 0.15) is 5.75 Å². The number of hydrogen-bond donors (Lipinski definition) is 6. The quantitative estimate of drug-likeness (QED) is 0.0694. The van der Waals surface area contributed by atoms with Crippen molar-refractivity contribution in [3.8, 4) is 16.9 Å². The number of aryl methyl sites for hydroxylation is 2. The number of carbonyl (C=O) groups is 1. The number of pyridine rings is 1. The molecule has 296 valence electrons. The van der Waals surface area contributed by atoms with Crippen LogP contribution in [0.1, 0.15) is 61.3 Å². The van der Waals surface area contributed by atoms with Gasteiger partial charge in [0.15, 0.2) is 5.58 Å². The van der Waals surface area contributed by atoms with Gasteiger partial charge in [0, 0.05) is 48.7 Å². The van der Waals surface area contributed by atoms with E-state index in [0.717, 1.165) is 60.8 Å². The van der Waals surface area contributed by atoms with Crippen LogP contribution in [0, 0.1) is 0 Å². The van der Waals surface area contributed by atoms with Crippen LogP contribution in [0.5, 0.6) is 5.75 Å². The molecule has 7 N–H and O–H groups in total. The van der Waals surface area contributed by atoms with Crippen LogP contribution in [-0.2, 0) is 19.5 Å². The number of aromatic amines is 1. The van der Waals surface area contributed by atoms with Crippen LogP contribution in [-0.4, -0.2) is 49.6 Å². The second kappa shape index (κ2) is 18.2. The minimum absolute atomic E-state index is 0. The Morgan fingerprint density at radius 1 is 0.929 bits per heavy atom. The third-order valence-corrected chi connectivity index (χ3v) is 10.5. The van der Waals surface area contributed by atoms with Crippen LogP contribution >= 0.6 is 0 Å². The fourth-order valence-corrected chi connectivity index (χ4v) is 7.65. The van der Waals surface area contributed by atoms with Crippen molar-refractivity contribution in [2.75, 3.05) is 11.4 Å². The average Bonchev–Trinajstić information content (AvgIpc) is 3.48. The highest BCUT2D eigenvalue weighted by atomic mass is 19.0. The van der Waals surface area contributed by atoms with E-state index in [0.29, 0.717) is 47.2 Å². The van der Waals surface area contributed by atoms with E-state index in [9.17, 15) is 29.7 Å². The summed E-state index contributed by atoms with van der Waals surface area (Å²) in [5.41, 5.74) is 12.3. The molecular weight excluding hydrogens is 724 g/mol. The number of aromatic hydroxyl groups is 1. The van der Waals surface area contributed by atoms with Crippen LogP contribution in [0.4, 0.5) is 19.9 Å². The van der Waals surface area contributed by atoms with Gasteiger partial charge in [-0.25, -0.2) is 9.59 Å². The van der Waals surface area contributed by atoms with Crippen molar-refractivity contribution >= 4 is 33.8 Å². The summed E-state index contributed by atoms with van der Waals surface area (Å²) in [7, 11) is 0. The Labute approximate surface area is 320 Å². The van der Waals surface area contributed by atoms with Gasteiger partial charge in [-0.1, -0.05) is 54.6 Å². The topological polar surface area (TPSA) is 187 Å². The van der Waals surface area contributed by atoms with Gasteiger partial charge >= 0.3 is 11.8 Å². The number of unbranched alkanes of at least 4 members (excludes halogenated alkanes) is 1. The van der Waals surface area contributed by atoms with E-state index in [1.807, 2.05) is 60.7 Å². The number of anilines is 1. The van der Waals surface area contributed by atoms with E-state index < -0.39 is 18.0 Å². The highest BCUT2D eigenvalue weighted by molar-refractivity contribution is 5.94. The Morgan fingerprint density at radius 3 is 2.43 bits per heavy atom. The van der Waals surface area contributed by atoms with Gasteiger partial charge < -0.3 is 35.8 Å². The predicted octanol–water partition coefficient (Wildman–Crippen LogP) is 6.71. The summed E-state index contributed by atoms with van der Waals surface area (Å²) in [5, 5.41) is 35.3. The number of nitrogens with zero attached hydrogens (tertiary/aromatic N) is 2. The first-order valence-electron chi connectivity index (χ1n) is 18.5. The lowest BCUT2D eigenvalue weighted by atomic mass is 9.89. The highest BCUT2D eigenvalue weighted by Gasteiger charge is 2.30. The average molecular weight is 772 g/mol. The first-order chi connectivity index (χ1) is 26.2. The van der Waals surface area contributed by atoms with Gasteiger partial charge in [-0.2, -0.15) is 0 Å². The summed E-state index contributed by atoms with van der Waals surface area (Å²) in [4.78, 5) is 41.5. The molecule has 2 heterocycles. The summed E-state index contributed by atoms with van der Waals surface area (Å²) in [6, 6.07) is 27.5. The Balaban J connectivity index is 0.00000300. The lowest BCUT2D eigenvalue weighted by molar-refractivity contribution is 0.176. The molecule has 0 unspecified atom stereocenters. The Morgan fingerprint density at radius 2 is 1.68 bits per heavy atom. The van der Waals surface area contributed by atoms with E-state index >= 15 is 0 Å². The zero-order valence-electron chi connectivity index (χ0n) is 30.7. The smallest absolute Gasteiger partial charge is 0.419 e. The first kappa shape index (κ1) is 41.3. The number of nitrogens with two attached hydrogens (primary N) is 1. The zero-order valence-corrected chi connectivity index (χ0v) is 30.7. The molecule has 0 radical (unpaired) electrons. The van der Waals surface area contributed by atoms with Gasteiger partial charge in [-0.05, 0) is 97.5 Å². The van der Waals surface area contributed by atoms with E-state index in [-0.39, 0.29) is 44.9 Å². The van der Waals surface area contributed by atoms with Crippen molar-refractivity contribution in [2.45, 2.75) is 76.2 Å². The molecule has 1 saturated carbocycles. The molecule has 14 heteroatoms. The van der Waals surface area contributed by atoms with Gasteiger partial charge in [0.2, 0.25) is 5.56 Å². The molecule has 0 spiro atoms. The number of halogens is 2. The van der Waals surface area contributed by atoms with Gasteiger partial charge in [-0.15, -0.1) is 0 Å². The van der Waals surface area contributed by atoms with Crippen LogP contribution in [0.2, 0.25) is 0 Å². The Hall–Kier alpha value is -5.83. The maximum absolute atomic E-state index is 12.9. The zero-order chi connectivity index (χ0) is 37.8. The molecule has 1 atom stereocenters. The largest absolute Gasteiger partial charge is 0.506 e. The molecule has 2 aromatic heterocycles. The minimum atomic E-state index is -0.963. The van der Waals surface area contributed by atoms with Crippen molar-refractivity contribution < 1.29 is 33.9 Å². The summed E-state index contributed by atoms with van der Waals surface area (Å²) >= 11 is 0. The third kappa shape index (κ3) is 8.99. The number of amides is 1. The Bertz CT molecular complexity index is 2390. The number of benzene rings is 4. The number of hydrogen-bond acceptors (Lipinski definition) is 8. The number of phenolic OH excluding ortho intramolecular Hbond substituents is 1. The van der Waals surface area contributed by atoms with Crippen molar-refractivity contribution in [1.82, 2.24) is 14.9 Å². The SMILES string of the molecule is F.F.NC1CCC(N(C(=O)O)c2cc(CCCCn3c(=O)oc4cc(CNC[C@@H](O)c5ccc(O)c6[nH]c(=O)ccc56)ccc43)ccc2-c2ccccc2)CC1. The van der Waals surface area contributed by atoms with E-state index in [1.54, 1.807) is 21.6 Å². The number of aliphatic hydroxyl groups is 1. The van der Waals surface area contributed by atoms with Gasteiger partial charge in [0.25, 0.3) is 0 Å². The van der Waals surface area contributed by atoms with Gasteiger partial charge in [0.05, 0.1) is 22.8 Å². The van der Waals surface area contributed by atoms with Crippen LogP contribution in [0.3, 0.4) is 0 Å². The summed E-state index contributed by atoms with van der Waals surface area (Å²) in [6.45, 7) is 1.09. The van der Waals surface area contributed by atoms with Crippen molar-refractivity contribution in [3.63, 3.8) is 0 Å². The minimum Gasteiger partial charge on any atom is -0.506 e. The summed E-state index contributed by atoms with van der Waals surface area (Å²) in [5.74, 6) is -0.497. The molecule has 56 heavy (non-hydrogen) atoms. The molecule has 7 rings (SSSR count). The summed E-state index contributed by atoms with van der Waals surface area (Å²) in [6.07, 6.45) is 3.40. The number of phenols is 1. The van der Waals surface area contributed by atoms with Gasteiger partial charge in [-0.3, -0.25) is 23.7 Å². The van der Waals surface area contributed by atoms with E-state index in [4.69, 9.17) is 10.2 Å². The molecular formula is C42H47F2N5O7. The van der Waals surface area contributed by atoms with Crippen molar-refractivity contribution in [1.29, 1.82) is 0 Å². The predicted molar refractivity (Wildman–Crippen MR) is 214 cm³/mol. The molecule has 12 nitrogen and oxygen atoms in total. The molecule has 1 amide bonds. The monoisotopic (exact) mass is 771 g/mol. The first-order valence-corrected chi connectivity index (χ1v) is 18.5. The van der Waals surface area contributed by atoms with Crippen LogP contribution in [0.15, 0.2) is 105 Å². The normalized spacial score (nSPS) is 15.9. The van der Waals surface area contributed by atoms with Crippen molar-refractivity contribution in [3.05, 3.63) is 129 Å². The second-order valence-electron chi connectivity index (χ2n) is 14.1. The van der Waals surface area contributed by atoms with Crippen LogP contribution < -0.4 is 27.3 Å². The lowest BCUT2D eigenvalue weighted by Gasteiger charge is -2.35. The number of nitrogens with one attached hydrogen (secondary N) is 2. The number of H-pyrrole nitrogens is 1. The molecule has 6 aromatic rings. The molecule has 1 aliphatic carbocycles. The van der Waals surface area contributed by atoms with Crippen molar-refractivity contribution in [2.24, 2.45) is 5.73 Å². The Kier molecular flexibility index (Phi) is 13.4. The number of oxazole rings is 1. The molecule has 4 aromatic carbocycles. The second-order valence-corrected chi connectivity index (χ2v) is 14.1. The maximum Gasteiger partial charge on any atom is 0.419 e. The number of rotatable bonds is 13. The fraction of sp³-hybridized carbons (Fsp3) is 0.310. The maximum atomic E-state index is 12.9. The summed E-state index contributed by atoms with van der Waals surface area (Å²) < 4.78 is 7.25. The molecule has 0 aliphatic heterocycles. The van der Waals surface area contributed by atoms with E-state index in [1.165, 1.54) is 12.1 Å².